The zero-order valence-corrected chi connectivity index (χ0v) is 18.7. The fraction of sp³-hybridized carbons (Fsp3) is 0.0833. The summed E-state index contributed by atoms with van der Waals surface area (Å²) in [6.45, 7) is 0.871. The van der Waals surface area contributed by atoms with Gasteiger partial charge >= 0.3 is 5.97 Å². The van der Waals surface area contributed by atoms with Crippen molar-refractivity contribution in [3.63, 3.8) is 0 Å². The van der Waals surface area contributed by atoms with Crippen LogP contribution in [0, 0.1) is 11.3 Å². The van der Waals surface area contributed by atoms with Gasteiger partial charge < -0.3 is 10.5 Å². The molecule has 0 aliphatic heterocycles. The number of Topliss-reactive ketones (excluding diaryl/α,β-unsaturated/α-hetero) is 1. The third-order valence-electron chi connectivity index (χ3n) is 4.41. The standard InChI is InChI=1S/C24H19BrN4O3/c1-16(27)21(13-26)22(30)15-32-23(31)12-9-18-14-29(20-5-3-2-4-6-20)28-24(18)17-7-10-19(25)11-8-17/h2-12,14H,15,27H2,1H3. The molecule has 1 aromatic heterocycles. The molecule has 1 heterocycles. The molecule has 0 amide bonds. The average Bonchev–Trinajstić information content (AvgIpc) is 3.22. The number of carbonyl (C=O) groups is 2. The van der Waals surface area contributed by atoms with E-state index < -0.39 is 18.4 Å². The van der Waals surface area contributed by atoms with Crippen molar-refractivity contribution in [3.8, 4) is 23.0 Å². The third kappa shape index (κ3) is 5.59. The monoisotopic (exact) mass is 490 g/mol. The number of ether oxygens (including phenoxy) is 1. The van der Waals surface area contributed by atoms with Gasteiger partial charge in [-0.25, -0.2) is 9.48 Å². The molecule has 0 fully saturated rings. The van der Waals surface area contributed by atoms with Crippen LogP contribution in [0.5, 0.6) is 0 Å². The number of allylic oxidation sites excluding steroid dienone is 1. The fourth-order valence-electron chi connectivity index (χ4n) is 2.84. The Hall–Kier alpha value is -3.96. The molecule has 0 bridgehead atoms. The summed E-state index contributed by atoms with van der Waals surface area (Å²) in [5, 5.41) is 13.6. The second-order valence-electron chi connectivity index (χ2n) is 6.75. The predicted octanol–water partition coefficient (Wildman–Crippen LogP) is 4.18. The molecule has 0 saturated carbocycles. The lowest BCUT2D eigenvalue weighted by Crippen LogP contribution is -2.16. The highest BCUT2D eigenvalue weighted by molar-refractivity contribution is 9.10. The largest absolute Gasteiger partial charge is 0.454 e. The Morgan fingerprint density at radius 1 is 1.19 bits per heavy atom. The Labute approximate surface area is 193 Å². The van der Waals surface area contributed by atoms with Crippen LogP contribution in [0.1, 0.15) is 12.5 Å². The van der Waals surface area contributed by atoms with E-state index in [0.29, 0.717) is 11.3 Å². The number of para-hydroxylation sites is 1. The molecule has 160 valence electrons. The summed E-state index contributed by atoms with van der Waals surface area (Å²) in [6.07, 6.45) is 4.59. The van der Waals surface area contributed by atoms with Gasteiger partial charge in [0.25, 0.3) is 0 Å². The Bertz CT molecular complexity index is 1230. The molecule has 0 aliphatic carbocycles. The van der Waals surface area contributed by atoms with Crippen LogP contribution in [0.2, 0.25) is 0 Å². The quantitative estimate of drug-likeness (QED) is 0.302. The van der Waals surface area contributed by atoms with Crippen LogP contribution in [0.25, 0.3) is 23.0 Å². The number of nitriles is 1. The van der Waals surface area contributed by atoms with E-state index in [1.165, 1.54) is 13.0 Å². The van der Waals surface area contributed by atoms with E-state index in [1.807, 2.05) is 54.6 Å². The number of carbonyl (C=O) groups excluding carboxylic acids is 2. The molecule has 0 spiro atoms. The van der Waals surface area contributed by atoms with Gasteiger partial charge in [0.15, 0.2) is 6.61 Å². The molecule has 2 N–H and O–H groups in total. The van der Waals surface area contributed by atoms with Crippen LogP contribution >= 0.6 is 15.9 Å². The number of halogens is 1. The minimum absolute atomic E-state index is 0.0801. The van der Waals surface area contributed by atoms with E-state index in [4.69, 9.17) is 15.7 Å². The van der Waals surface area contributed by atoms with Gasteiger partial charge in [-0.05, 0) is 37.3 Å². The summed E-state index contributed by atoms with van der Waals surface area (Å²) in [6, 6.07) is 18.9. The van der Waals surface area contributed by atoms with Crippen molar-refractivity contribution in [2.24, 2.45) is 5.73 Å². The summed E-state index contributed by atoms with van der Waals surface area (Å²) < 4.78 is 7.62. The van der Waals surface area contributed by atoms with Gasteiger partial charge in [0.1, 0.15) is 11.6 Å². The van der Waals surface area contributed by atoms with Crippen molar-refractivity contribution < 1.29 is 14.3 Å². The summed E-state index contributed by atoms with van der Waals surface area (Å²) in [5.41, 5.74) is 8.45. The number of nitrogens with zero attached hydrogens (tertiary/aromatic N) is 3. The van der Waals surface area contributed by atoms with E-state index in [2.05, 4.69) is 21.0 Å². The van der Waals surface area contributed by atoms with Crippen LogP contribution in [0.3, 0.4) is 0 Å². The topological polar surface area (TPSA) is 111 Å². The zero-order valence-electron chi connectivity index (χ0n) is 17.2. The second-order valence-corrected chi connectivity index (χ2v) is 7.67. The van der Waals surface area contributed by atoms with Crippen LogP contribution in [0.4, 0.5) is 0 Å². The molecule has 2 aromatic carbocycles. The molecule has 0 saturated heterocycles. The Morgan fingerprint density at radius 2 is 1.88 bits per heavy atom. The normalized spacial score (nSPS) is 11.7. The minimum Gasteiger partial charge on any atom is -0.454 e. The molecule has 3 rings (SSSR count). The number of ketones is 1. The predicted molar refractivity (Wildman–Crippen MR) is 124 cm³/mol. The van der Waals surface area contributed by atoms with Crippen LogP contribution in [-0.4, -0.2) is 28.1 Å². The maximum Gasteiger partial charge on any atom is 0.331 e. The van der Waals surface area contributed by atoms with Gasteiger partial charge in [-0.3, -0.25) is 4.79 Å². The fourth-order valence-corrected chi connectivity index (χ4v) is 3.10. The number of aromatic nitrogens is 2. The van der Waals surface area contributed by atoms with Crippen molar-refractivity contribution >= 4 is 33.8 Å². The summed E-state index contributed by atoms with van der Waals surface area (Å²) in [5.74, 6) is -1.37. The molecule has 0 atom stereocenters. The number of hydrogen-bond donors (Lipinski definition) is 1. The first-order valence-electron chi connectivity index (χ1n) is 9.54. The van der Waals surface area contributed by atoms with E-state index in [0.717, 1.165) is 15.7 Å². The van der Waals surface area contributed by atoms with Crippen LogP contribution in [-0.2, 0) is 14.3 Å². The third-order valence-corrected chi connectivity index (χ3v) is 4.94. The molecule has 0 unspecified atom stereocenters. The minimum atomic E-state index is -0.723. The van der Waals surface area contributed by atoms with E-state index in [1.54, 1.807) is 23.0 Å². The van der Waals surface area contributed by atoms with E-state index >= 15 is 0 Å². The summed E-state index contributed by atoms with van der Waals surface area (Å²) in [4.78, 5) is 24.1. The molecular weight excluding hydrogens is 472 g/mol. The number of esters is 1. The Kier molecular flexibility index (Phi) is 7.37. The zero-order chi connectivity index (χ0) is 23.1. The van der Waals surface area contributed by atoms with Crippen molar-refractivity contribution in [3.05, 3.63) is 88.2 Å². The maximum absolute atomic E-state index is 12.1. The number of benzene rings is 2. The first-order chi connectivity index (χ1) is 15.4. The number of nitrogens with two attached hydrogens (primary N) is 1. The van der Waals surface area contributed by atoms with Gasteiger partial charge in [-0.1, -0.05) is 46.3 Å². The second kappa shape index (κ2) is 10.4. The lowest BCUT2D eigenvalue weighted by Gasteiger charge is -2.02. The van der Waals surface area contributed by atoms with Crippen molar-refractivity contribution in [2.75, 3.05) is 6.61 Å². The van der Waals surface area contributed by atoms with Gasteiger partial charge in [-0.2, -0.15) is 10.4 Å². The maximum atomic E-state index is 12.1. The lowest BCUT2D eigenvalue weighted by molar-refractivity contribution is -0.141. The highest BCUT2D eigenvalue weighted by Gasteiger charge is 2.14. The van der Waals surface area contributed by atoms with Crippen molar-refractivity contribution in [1.29, 1.82) is 5.26 Å². The SMILES string of the molecule is CC(N)=C(C#N)C(=O)COC(=O)C=Cc1cn(-c2ccccc2)nc1-c1ccc(Br)cc1. The van der Waals surface area contributed by atoms with Crippen LogP contribution in [0.15, 0.2) is 82.6 Å². The number of hydrogen-bond acceptors (Lipinski definition) is 6. The first-order valence-corrected chi connectivity index (χ1v) is 10.3. The molecule has 3 aromatic rings. The van der Waals surface area contributed by atoms with Crippen molar-refractivity contribution in [1.82, 2.24) is 9.78 Å². The molecule has 7 nitrogen and oxygen atoms in total. The lowest BCUT2D eigenvalue weighted by atomic mass is 10.1. The molecular formula is C24H19BrN4O3. The van der Waals surface area contributed by atoms with Crippen molar-refractivity contribution in [2.45, 2.75) is 6.92 Å². The highest BCUT2D eigenvalue weighted by Crippen LogP contribution is 2.26. The summed E-state index contributed by atoms with van der Waals surface area (Å²) >= 11 is 3.42. The van der Waals surface area contributed by atoms with E-state index in [-0.39, 0.29) is 11.3 Å². The summed E-state index contributed by atoms with van der Waals surface area (Å²) in [7, 11) is 0. The number of rotatable bonds is 7. The van der Waals surface area contributed by atoms with Gasteiger partial charge in [0.05, 0.1) is 11.4 Å². The highest BCUT2D eigenvalue weighted by atomic mass is 79.9. The van der Waals surface area contributed by atoms with Gasteiger partial charge in [0.2, 0.25) is 5.78 Å². The molecule has 0 aliphatic rings. The van der Waals surface area contributed by atoms with E-state index in [9.17, 15) is 9.59 Å². The van der Waals surface area contributed by atoms with Gasteiger partial charge in [0, 0.05) is 33.6 Å². The molecule has 8 heteroatoms. The Morgan fingerprint density at radius 3 is 2.50 bits per heavy atom. The average molecular weight is 491 g/mol. The Balaban J connectivity index is 1.84. The smallest absolute Gasteiger partial charge is 0.331 e. The van der Waals surface area contributed by atoms with Gasteiger partial charge in [-0.15, -0.1) is 0 Å². The molecule has 32 heavy (non-hydrogen) atoms. The van der Waals surface area contributed by atoms with Crippen LogP contribution < -0.4 is 5.73 Å². The first kappa shape index (κ1) is 22.7. The molecule has 0 radical (unpaired) electrons.